The Morgan fingerprint density at radius 2 is 2.19 bits per heavy atom. The first-order valence-electron chi connectivity index (χ1n) is 7.69. The minimum atomic E-state index is -0.109. The number of hydrogen-bond acceptors (Lipinski definition) is 3. The molecule has 1 aromatic rings. The lowest BCUT2D eigenvalue weighted by molar-refractivity contribution is -0.120. The number of carbonyl (C=O) groups excluding carboxylic acids is 1. The first-order chi connectivity index (χ1) is 10.1. The van der Waals surface area contributed by atoms with Crippen LogP contribution < -0.4 is 5.32 Å². The van der Waals surface area contributed by atoms with E-state index in [1.54, 1.807) is 24.3 Å². The van der Waals surface area contributed by atoms with Gasteiger partial charge >= 0.3 is 0 Å². The normalized spacial score (nSPS) is 20.0. The molecule has 21 heavy (non-hydrogen) atoms. The van der Waals surface area contributed by atoms with Gasteiger partial charge in [-0.2, -0.15) is 5.26 Å². The van der Waals surface area contributed by atoms with E-state index in [2.05, 4.69) is 23.2 Å². The number of anilines is 1. The van der Waals surface area contributed by atoms with Crippen molar-refractivity contribution in [3.8, 4) is 6.07 Å². The Morgan fingerprint density at radius 3 is 2.81 bits per heavy atom. The Kier molecular flexibility index (Phi) is 5.35. The summed E-state index contributed by atoms with van der Waals surface area (Å²) in [7, 11) is 0. The molecule has 112 valence electrons. The van der Waals surface area contributed by atoms with Crippen LogP contribution in [0.4, 0.5) is 5.69 Å². The molecule has 1 aliphatic heterocycles. The van der Waals surface area contributed by atoms with Gasteiger partial charge in [-0.25, -0.2) is 0 Å². The molecule has 1 fully saturated rings. The Balaban J connectivity index is 1.89. The predicted molar refractivity (Wildman–Crippen MR) is 83.8 cm³/mol. The molecule has 0 bridgehead atoms. The standard InChI is InChI=1S/C17H23N3O/c1-3-4-15-9-10-20(12-15)13(2)17(21)19-16-7-5-14(11-18)6-8-16/h5-8,13,15H,3-4,9-10,12H2,1-2H3,(H,19,21). The molecule has 4 heteroatoms. The summed E-state index contributed by atoms with van der Waals surface area (Å²) in [5.41, 5.74) is 1.35. The first-order valence-corrected chi connectivity index (χ1v) is 7.69. The van der Waals surface area contributed by atoms with Gasteiger partial charge in [0.2, 0.25) is 5.91 Å². The maximum absolute atomic E-state index is 12.3. The van der Waals surface area contributed by atoms with Crippen molar-refractivity contribution in [2.75, 3.05) is 18.4 Å². The van der Waals surface area contributed by atoms with Gasteiger partial charge in [-0.1, -0.05) is 13.3 Å². The molecule has 0 spiro atoms. The van der Waals surface area contributed by atoms with Crippen molar-refractivity contribution >= 4 is 11.6 Å². The summed E-state index contributed by atoms with van der Waals surface area (Å²) < 4.78 is 0. The second-order valence-corrected chi connectivity index (χ2v) is 5.79. The molecule has 0 aromatic heterocycles. The Morgan fingerprint density at radius 1 is 1.48 bits per heavy atom. The van der Waals surface area contributed by atoms with E-state index in [1.165, 1.54) is 19.3 Å². The maximum Gasteiger partial charge on any atom is 0.241 e. The fraction of sp³-hybridized carbons (Fsp3) is 0.529. The minimum absolute atomic E-state index is 0.0249. The Bertz CT molecular complexity index is 518. The van der Waals surface area contributed by atoms with Gasteiger partial charge in [0.25, 0.3) is 0 Å². The van der Waals surface area contributed by atoms with Crippen LogP contribution in [-0.4, -0.2) is 29.9 Å². The van der Waals surface area contributed by atoms with Crippen molar-refractivity contribution < 1.29 is 4.79 Å². The average Bonchev–Trinajstić information content (AvgIpc) is 2.96. The lowest BCUT2D eigenvalue weighted by atomic mass is 10.0. The highest BCUT2D eigenvalue weighted by molar-refractivity contribution is 5.94. The summed E-state index contributed by atoms with van der Waals surface area (Å²) in [6, 6.07) is 8.94. The zero-order valence-corrected chi connectivity index (χ0v) is 12.8. The molecule has 1 aliphatic rings. The second-order valence-electron chi connectivity index (χ2n) is 5.79. The molecule has 0 radical (unpaired) electrons. The Labute approximate surface area is 126 Å². The summed E-state index contributed by atoms with van der Waals surface area (Å²) in [5.74, 6) is 0.761. The minimum Gasteiger partial charge on any atom is -0.325 e. The van der Waals surface area contributed by atoms with Gasteiger partial charge in [0.15, 0.2) is 0 Å². The Hall–Kier alpha value is -1.86. The summed E-state index contributed by atoms with van der Waals surface area (Å²) in [6.45, 7) is 6.21. The van der Waals surface area contributed by atoms with Crippen LogP contribution in [-0.2, 0) is 4.79 Å². The molecular formula is C17H23N3O. The third-order valence-electron chi connectivity index (χ3n) is 4.22. The fourth-order valence-corrected chi connectivity index (χ4v) is 2.90. The molecule has 0 saturated carbocycles. The number of nitrogens with zero attached hydrogens (tertiary/aromatic N) is 2. The lowest BCUT2D eigenvalue weighted by Gasteiger charge is -2.23. The number of likely N-dealkylation sites (tertiary alicyclic amines) is 1. The van der Waals surface area contributed by atoms with Crippen LogP contribution in [0.5, 0.6) is 0 Å². The summed E-state index contributed by atoms with van der Waals surface area (Å²) in [5, 5.41) is 11.7. The van der Waals surface area contributed by atoms with E-state index in [-0.39, 0.29) is 11.9 Å². The van der Waals surface area contributed by atoms with Crippen molar-refractivity contribution in [2.45, 2.75) is 39.2 Å². The van der Waals surface area contributed by atoms with Crippen LogP contribution in [0.2, 0.25) is 0 Å². The lowest BCUT2D eigenvalue weighted by Crippen LogP contribution is -2.40. The molecule has 1 heterocycles. The number of nitriles is 1. The molecule has 2 atom stereocenters. The van der Waals surface area contributed by atoms with Crippen LogP contribution in [0, 0.1) is 17.2 Å². The van der Waals surface area contributed by atoms with Crippen LogP contribution in [0.1, 0.15) is 38.7 Å². The first kappa shape index (κ1) is 15.5. The maximum atomic E-state index is 12.3. The number of hydrogen-bond donors (Lipinski definition) is 1. The smallest absolute Gasteiger partial charge is 0.241 e. The predicted octanol–water partition coefficient (Wildman–Crippen LogP) is 3.01. The van der Waals surface area contributed by atoms with Crippen molar-refractivity contribution in [1.82, 2.24) is 4.90 Å². The largest absolute Gasteiger partial charge is 0.325 e. The van der Waals surface area contributed by atoms with Crippen molar-refractivity contribution in [3.05, 3.63) is 29.8 Å². The molecule has 4 nitrogen and oxygen atoms in total. The monoisotopic (exact) mass is 285 g/mol. The number of amides is 1. The van der Waals surface area contributed by atoms with Gasteiger partial charge in [-0.3, -0.25) is 9.69 Å². The highest BCUT2D eigenvalue weighted by Gasteiger charge is 2.28. The van der Waals surface area contributed by atoms with E-state index >= 15 is 0 Å². The molecule has 1 saturated heterocycles. The van der Waals surface area contributed by atoms with Gasteiger partial charge in [-0.15, -0.1) is 0 Å². The van der Waals surface area contributed by atoms with Gasteiger partial charge in [0.05, 0.1) is 17.7 Å². The third-order valence-corrected chi connectivity index (χ3v) is 4.22. The SMILES string of the molecule is CCCC1CCN(C(C)C(=O)Nc2ccc(C#N)cc2)C1. The highest BCUT2D eigenvalue weighted by atomic mass is 16.2. The van der Waals surface area contributed by atoms with E-state index in [0.29, 0.717) is 5.56 Å². The van der Waals surface area contributed by atoms with Crippen molar-refractivity contribution in [1.29, 1.82) is 5.26 Å². The fourth-order valence-electron chi connectivity index (χ4n) is 2.90. The van der Waals surface area contributed by atoms with Gasteiger partial charge in [0, 0.05) is 12.2 Å². The zero-order chi connectivity index (χ0) is 15.2. The van der Waals surface area contributed by atoms with Gasteiger partial charge < -0.3 is 5.32 Å². The van der Waals surface area contributed by atoms with Gasteiger partial charge in [-0.05, 0) is 56.5 Å². The van der Waals surface area contributed by atoms with Crippen molar-refractivity contribution in [3.63, 3.8) is 0 Å². The highest BCUT2D eigenvalue weighted by Crippen LogP contribution is 2.23. The summed E-state index contributed by atoms with van der Waals surface area (Å²) >= 11 is 0. The van der Waals surface area contributed by atoms with E-state index in [4.69, 9.17) is 5.26 Å². The third kappa shape index (κ3) is 4.05. The average molecular weight is 285 g/mol. The zero-order valence-electron chi connectivity index (χ0n) is 12.8. The van der Waals surface area contributed by atoms with Gasteiger partial charge in [0.1, 0.15) is 0 Å². The van der Waals surface area contributed by atoms with E-state index in [1.807, 2.05) is 6.92 Å². The number of benzene rings is 1. The van der Waals surface area contributed by atoms with Crippen LogP contribution in [0.25, 0.3) is 0 Å². The quantitative estimate of drug-likeness (QED) is 0.904. The summed E-state index contributed by atoms with van der Waals surface area (Å²) in [4.78, 5) is 14.6. The van der Waals surface area contributed by atoms with Crippen LogP contribution in [0.15, 0.2) is 24.3 Å². The van der Waals surface area contributed by atoms with E-state index in [0.717, 1.165) is 24.7 Å². The summed E-state index contributed by atoms with van der Waals surface area (Å²) in [6.07, 6.45) is 3.66. The van der Waals surface area contributed by atoms with Crippen molar-refractivity contribution in [2.24, 2.45) is 5.92 Å². The molecule has 1 aromatic carbocycles. The molecule has 1 amide bonds. The van der Waals surface area contributed by atoms with Crippen LogP contribution in [0.3, 0.4) is 0 Å². The topological polar surface area (TPSA) is 56.1 Å². The molecule has 2 unspecified atom stereocenters. The van der Waals surface area contributed by atoms with Crippen LogP contribution >= 0.6 is 0 Å². The molecule has 1 N–H and O–H groups in total. The number of rotatable bonds is 5. The number of nitrogens with one attached hydrogen (secondary N) is 1. The number of carbonyl (C=O) groups is 1. The second kappa shape index (κ2) is 7.24. The molecule has 0 aliphatic carbocycles. The molecular weight excluding hydrogens is 262 g/mol. The van der Waals surface area contributed by atoms with E-state index < -0.39 is 0 Å². The molecule has 2 rings (SSSR count). The van der Waals surface area contributed by atoms with E-state index in [9.17, 15) is 4.79 Å².